The Morgan fingerprint density at radius 2 is 2.17 bits per heavy atom. The van der Waals surface area contributed by atoms with Crippen LogP contribution in [0.2, 0.25) is 0 Å². The number of nitrogens with one attached hydrogen (secondary N) is 2. The minimum atomic E-state index is -0.502. The molecule has 2 N–H and O–H groups in total. The van der Waals surface area contributed by atoms with E-state index in [1.54, 1.807) is 6.19 Å². The highest BCUT2D eigenvalue weighted by Gasteiger charge is 1.98. The number of hydrogen-bond acceptors (Lipinski definition) is 2. The zero-order valence-electron chi connectivity index (χ0n) is 9.79. The molecule has 0 bridgehead atoms. The molecule has 4 nitrogen and oxygen atoms in total. The van der Waals surface area contributed by atoms with Crippen LogP contribution in [-0.4, -0.2) is 25.7 Å². The monoisotopic (exact) mass is 312 g/mol. The summed E-state index contributed by atoms with van der Waals surface area (Å²) >= 11 is 3.40. The summed E-state index contributed by atoms with van der Waals surface area (Å²) in [4.78, 5) is 3.53. The van der Waals surface area contributed by atoms with E-state index in [1.807, 2.05) is 24.3 Å². The fourth-order valence-electron chi connectivity index (χ4n) is 1.37. The largest absolute Gasteiger partial charge is 0.355 e. The second kappa shape index (κ2) is 8.48. The van der Waals surface area contributed by atoms with E-state index in [-0.39, 0.29) is 6.54 Å². The fourth-order valence-corrected chi connectivity index (χ4v) is 1.82. The van der Waals surface area contributed by atoms with Crippen molar-refractivity contribution in [1.29, 1.82) is 5.26 Å². The normalized spacial score (nSPS) is 10.8. The van der Waals surface area contributed by atoms with Gasteiger partial charge in [0.15, 0.2) is 0 Å². The molecule has 0 amide bonds. The van der Waals surface area contributed by atoms with Gasteiger partial charge in [-0.25, -0.2) is 4.39 Å². The molecule has 0 fully saturated rings. The van der Waals surface area contributed by atoms with Gasteiger partial charge in [0.2, 0.25) is 12.2 Å². The maximum atomic E-state index is 12.0. The molecule has 0 radical (unpaired) electrons. The lowest BCUT2D eigenvalue weighted by Gasteiger charge is -2.09. The molecular formula is C12H14BrFN4. The Morgan fingerprint density at radius 3 is 2.83 bits per heavy atom. The molecule has 0 saturated heterocycles. The minimum absolute atomic E-state index is 0.143. The van der Waals surface area contributed by atoms with Crippen molar-refractivity contribution in [2.24, 2.45) is 4.99 Å². The van der Waals surface area contributed by atoms with E-state index >= 15 is 0 Å². The van der Waals surface area contributed by atoms with Crippen LogP contribution in [0.4, 0.5) is 4.39 Å². The van der Waals surface area contributed by atoms with E-state index in [0.29, 0.717) is 12.5 Å². The van der Waals surface area contributed by atoms with Gasteiger partial charge in [0.1, 0.15) is 6.67 Å². The van der Waals surface area contributed by atoms with Gasteiger partial charge in [-0.15, -0.1) is 4.99 Å². The number of aliphatic imine (C=N–C) groups is 1. The topological polar surface area (TPSA) is 60.2 Å². The van der Waals surface area contributed by atoms with Crippen molar-refractivity contribution in [3.8, 4) is 6.19 Å². The Hall–Kier alpha value is -1.61. The molecule has 0 aliphatic rings. The Balaban J connectivity index is 2.39. The van der Waals surface area contributed by atoms with Crippen molar-refractivity contribution in [3.63, 3.8) is 0 Å². The summed E-state index contributed by atoms with van der Waals surface area (Å²) in [6.45, 7) is 0.262. The van der Waals surface area contributed by atoms with E-state index in [1.165, 1.54) is 5.56 Å². The van der Waals surface area contributed by atoms with Gasteiger partial charge in [0, 0.05) is 17.6 Å². The van der Waals surface area contributed by atoms with Gasteiger partial charge in [0.25, 0.3) is 0 Å². The summed E-state index contributed by atoms with van der Waals surface area (Å²) in [5.74, 6) is 0.310. The Bertz CT molecular complexity index is 442. The molecule has 1 aromatic rings. The van der Waals surface area contributed by atoms with Crippen molar-refractivity contribution in [2.75, 3.05) is 19.8 Å². The molecule has 96 valence electrons. The first kappa shape index (κ1) is 14.5. The van der Waals surface area contributed by atoms with Gasteiger partial charge in [-0.1, -0.05) is 28.1 Å². The second-order valence-electron chi connectivity index (χ2n) is 3.48. The third-order valence-electron chi connectivity index (χ3n) is 2.14. The number of hydrogen-bond donors (Lipinski definition) is 2. The fraction of sp³-hybridized carbons (Fsp3) is 0.333. The quantitative estimate of drug-likeness (QED) is 0.496. The van der Waals surface area contributed by atoms with Crippen LogP contribution in [0.5, 0.6) is 0 Å². The maximum absolute atomic E-state index is 12.0. The van der Waals surface area contributed by atoms with Gasteiger partial charge in [-0.05, 0) is 24.1 Å². The highest BCUT2D eigenvalue weighted by atomic mass is 79.9. The van der Waals surface area contributed by atoms with Crippen LogP contribution in [0.25, 0.3) is 0 Å². The lowest BCUT2D eigenvalue weighted by molar-refractivity contribution is 0.489. The number of halogens is 2. The first-order valence-electron chi connectivity index (χ1n) is 5.51. The molecule has 0 unspecified atom stereocenters. The summed E-state index contributed by atoms with van der Waals surface area (Å²) in [6, 6.07) is 7.97. The van der Waals surface area contributed by atoms with Crippen molar-refractivity contribution in [3.05, 3.63) is 34.3 Å². The van der Waals surface area contributed by atoms with Crippen LogP contribution in [0, 0.1) is 11.5 Å². The highest BCUT2D eigenvalue weighted by molar-refractivity contribution is 9.10. The van der Waals surface area contributed by atoms with Crippen LogP contribution in [0.15, 0.2) is 33.7 Å². The van der Waals surface area contributed by atoms with Crippen LogP contribution in [-0.2, 0) is 6.42 Å². The SMILES string of the molecule is N#C/N=C(/NCCF)NCCc1cccc(Br)c1. The number of guanidine groups is 1. The van der Waals surface area contributed by atoms with Crippen LogP contribution in [0.3, 0.4) is 0 Å². The summed E-state index contributed by atoms with van der Waals surface area (Å²) in [5, 5.41) is 14.1. The molecule has 1 aromatic carbocycles. The van der Waals surface area contributed by atoms with Crippen LogP contribution < -0.4 is 10.6 Å². The lowest BCUT2D eigenvalue weighted by atomic mass is 10.1. The van der Waals surface area contributed by atoms with E-state index in [0.717, 1.165) is 10.9 Å². The molecule has 6 heteroatoms. The minimum Gasteiger partial charge on any atom is -0.355 e. The maximum Gasteiger partial charge on any atom is 0.209 e. The van der Waals surface area contributed by atoms with Crippen molar-refractivity contribution in [2.45, 2.75) is 6.42 Å². The van der Waals surface area contributed by atoms with Crippen LogP contribution in [0.1, 0.15) is 5.56 Å². The molecule has 18 heavy (non-hydrogen) atoms. The van der Waals surface area contributed by atoms with Gasteiger partial charge in [-0.3, -0.25) is 0 Å². The average molecular weight is 313 g/mol. The zero-order valence-corrected chi connectivity index (χ0v) is 11.4. The zero-order chi connectivity index (χ0) is 13.2. The van der Waals surface area contributed by atoms with Gasteiger partial charge >= 0.3 is 0 Å². The lowest BCUT2D eigenvalue weighted by Crippen LogP contribution is -2.39. The molecule has 0 aliphatic carbocycles. The highest BCUT2D eigenvalue weighted by Crippen LogP contribution is 2.11. The summed E-state index contributed by atoms with van der Waals surface area (Å²) in [6.07, 6.45) is 2.46. The molecule has 0 aliphatic heterocycles. The molecule has 0 spiro atoms. The number of nitriles is 1. The Kier molecular flexibility index (Phi) is 6.81. The predicted molar refractivity (Wildman–Crippen MR) is 72.9 cm³/mol. The standard InChI is InChI=1S/C12H14BrFN4/c13-11-3-1-2-10(8-11)4-6-16-12(18-9-15)17-7-5-14/h1-3,8H,4-7H2,(H2,16,17,18). The Labute approximate surface area is 114 Å². The van der Waals surface area contributed by atoms with E-state index in [4.69, 9.17) is 5.26 Å². The first-order valence-corrected chi connectivity index (χ1v) is 6.30. The summed E-state index contributed by atoms with van der Waals surface area (Å²) in [7, 11) is 0. The summed E-state index contributed by atoms with van der Waals surface area (Å²) in [5.41, 5.74) is 1.17. The second-order valence-corrected chi connectivity index (χ2v) is 4.40. The number of nitrogens with zero attached hydrogens (tertiary/aromatic N) is 2. The number of rotatable bonds is 5. The van der Waals surface area contributed by atoms with Gasteiger partial charge in [-0.2, -0.15) is 5.26 Å². The molecule has 0 aromatic heterocycles. The molecular weight excluding hydrogens is 299 g/mol. The number of alkyl halides is 1. The number of benzene rings is 1. The third-order valence-corrected chi connectivity index (χ3v) is 2.64. The van der Waals surface area contributed by atoms with Crippen molar-refractivity contribution < 1.29 is 4.39 Å². The summed E-state index contributed by atoms with van der Waals surface area (Å²) < 4.78 is 13.0. The van der Waals surface area contributed by atoms with E-state index in [9.17, 15) is 4.39 Å². The van der Waals surface area contributed by atoms with Gasteiger partial charge < -0.3 is 10.6 Å². The van der Waals surface area contributed by atoms with E-state index in [2.05, 4.69) is 31.6 Å². The van der Waals surface area contributed by atoms with Crippen molar-refractivity contribution >= 4 is 21.9 Å². The van der Waals surface area contributed by atoms with Gasteiger partial charge in [0.05, 0.1) is 0 Å². The first-order chi connectivity index (χ1) is 8.76. The molecule has 0 saturated carbocycles. The average Bonchev–Trinajstić information content (AvgIpc) is 2.36. The smallest absolute Gasteiger partial charge is 0.209 e. The van der Waals surface area contributed by atoms with Crippen molar-refractivity contribution in [1.82, 2.24) is 10.6 Å². The Morgan fingerprint density at radius 1 is 1.39 bits per heavy atom. The van der Waals surface area contributed by atoms with E-state index < -0.39 is 6.67 Å². The molecule has 1 rings (SSSR count). The molecule has 0 heterocycles. The third kappa shape index (κ3) is 5.64. The predicted octanol–water partition coefficient (Wildman–Crippen LogP) is 1.98. The van der Waals surface area contributed by atoms with Crippen LogP contribution >= 0.6 is 15.9 Å². The molecule has 0 atom stereocenters.